The lowest BCUT2D eigenvalue weighted by molar-refractivity contribution is -0.123. The molecule has 0 aliphatic rings. The zero-order valence-corrected chi connectivity index (χ0v) is 12.3. The Morgan fingerprint density at radius 2 is 2.00 bits per heavy atom. The Kier molecular flexibility index (Phi) is 8.42. The highest BCUT2D eigenvalue weighted by atomic mass is 16.5. The van der Waals surface area contributed by atoms with Gasteiger partial charge in [-0.2, -0.15) is 0 Å². The standard InChI is InChI=1S/C15H24N2O3/c1-3-13-6-4-5-7-14(13)20-12-15(18)17-9-8-16-10-11-19-2/h4-7,16H,3,8-12H2,1-2H3,(H,17,18). The highest BCUT2D eigenvalue weighted by molar-refractivity contribution is 5.77. The fourth-order valence-corrected chi connectivity index (χ4v) is 1.72. The van der Waals surface area contributed by atoms with Gasteiger partial charge in [-0.15, -0.1) is 0 Å². The van der Waals surface area contributed by atoms with Gasteiger partial charge in [0.2, 0.25) is 0 Å². The summed E-state index contributed by atoms with van der Waals surface area (Å²) in [6, 6.07) is 7.77. The first-order valence-electron chi connectivity index (χ1n) is 6.95. The average molecular weight is 280 g/mol. The van der Waals surface area contributed by atoms with E-state index in [1.807, 2.05) is 24.3 Å². The second kappa shape index (κ2) is 10.2. The van der Waals surface area contributed by atoms with E-state index in [4.69, 9.17) is 9.47 Å². The molecule has 0 aliphatic carbocycles. The second-order valence-corrected chi connectivity index (χ2v) is 4.34. The van der Waals surface area contributed by atoms with Crippen molar-refractivity contribution in [3.8, 4) is 5.75 Å². The van der Waals surface area contributed by atoms with E-state index in [9.17, 15) is 4.79 Å². The van der Waals surface area contributed by atoms with E-state index in [0.717, 1.165) is 30.8 Å². The van der Waals surface area contributed by atoms with Gasteiger partial charge in [-0.25, -0.2) is 0 Å². The topological polar surface area (TPSA) is 59.6 Å². The minimum atomic E-state index is -0.107. The number of carbonyl (C=O) groups is 1. The molecule has 112 valence electrons. The number of ether oxygens (including phenoxy) is 2. The molecule has 20 heavy (non-hydrogen) atoms. The zero-order chi connectivity index (χ0) is 14.6. The summed E-state index contributed by atoms with van der Waals surface area (Å²) in [6.07, 6.45) is 0.890. The highest BCUT2D eigenvalue weighted by Crippen LogP contribution is 2.17. The molecule has 0 saturated heterocycles. The number of rotatable bonds is 10. The largest absolute Gasteiger partial charge is 0.483 e. The Morgan fingerprint density at radius 3 is 2.75 bits per heavy atom. The van der Waals surface area contributed by atoms with Crippen LogP contribution in [0.2, 0.25) is 0 Å². The quantitative estimate of drug-likeness (QED) is 0.627. The Hall–Kier alpha value is -1.59. The molecule has 5 heteroatoms. The van der Waals surface area contributed by atoms with Crippen molar-refractivity contribution < 1.29 is 14.3 Å². The first kappa shape index (κ1) is 16.5. The van der Waals surface area contributed by atoms with Crippen LogP contribution in [0.5, 0.6) is 5.75 Å². The van der Waals surface area contributed by atoms with Gasteiger partial charge in [0.25, 0.3) is 5.91 Å². The molecule has 1 aromatic rings. The zero-order valence-electron chi connectivity index (χ0n) is 12.3. The van der Waals surface area contributed by atoms with Crippen molar-refractivity contribution in [2.45, 2.75) is 13.3 Å². The third kappa shape index (κ3) is 6.54. The number of hydrogen-bond acceptors (Lipinski definition) is 4. The van der Waals surface area contributed by atoms with Gasteiger partial charge in [-0.3, -0.25) is 4.79 Å². The van der Waals surface area contributed by atoms with E-state index in [1.165, 1.54) is 0 Å². The smallest absolute Gasteiger partial charge is 0.257 e. The molecule has 2 N–H and O–H groups in total. The third-order valence-corrected chi connectivity index (χ3v) is 2.82. The van der Waals surface area contributed by atoms with Crippen molar-refractivity contribution >= 4 is 5.91 Å². The normalized spacial score (nSPS) is 10.3. The minimum Gasteiger partial charge on any atom is -0.483 e. The molecule has 0 aromatic heterocycles. The summed E-state index contributed by atoms with van der Waals surface area (Å²) in [7, 11) is 1.66. The van der Waals surface area contributed by atoms with Crippen LogP contribution in [0.15, 0.2) is 24.3 Å². The predicted octanol–water partition coefficient (Wildman–Crippen LogP) is 0.980. The highest BCUT2D eigenvalue weighted by Gasteiger charge is 2.04. The van der Waals surface area contributed by atoms with Gasteiger partial charge in [0.15, 0.2) is 6.61 Å². The number of hydrogen-bond donors (Lipinski definition) is 2. The van der Waals surface area contributed by atoms with Gasteiger partial charge >= 0.3 is 0 Å². The molecule has 0 atom stereocenters. The van der Waals surface area contributed by atoms with Gasteiger partial charge in [0.05, 0.1) is 6.61 Å². The van der Waals surface area contributed by atoms with Crippen molar-refractivity contribution in [3.63, 3.8) is 0 Å². The van der Waals surface area contributed by atoms with Crippen LogP contribution in [-0.4, -0.2) is 45.9 Å². The van der Waals surface area contributed by atoms with Crippen molar-refractivity contribution in [3.05, 3.63) is 29.8 Å². The average Bonchev–Trinajstić information content (AvgIpc) is 2.49. The second-order valence-electron chi connectivity index (χ2n) is 4.34. The Balaban J connectivity index is 2.16. The van der Waals surface area contributed by atoms with Crippen LogP contribution in [-0.2, 0) is 16.0 Å². The fourth-order valence-electron chi connectivity index (χ4n) is 1.72. The van der Waals surface area contributed by atoms with E-state index in [-0.39, 0.29) is 12.5 Å². The maximum Gasteiger partial charge on any atom is 0.257 e. The van der Waals surface area contributed by atoms with Crippen LogP contribution in [0.3, 0.4) is 0 Å². The molecule has 0 fully saturated rings. The minimum absolute atomic E-state index is 0.0507. The lowest BCUT2D eigenvalue weighted by Gasteiger charge is -2.10. The molecule has 0 heterocycles. The van der Waals surface area contributed by atoms with E-state index < -0.39 is 0 Å². The fraction of sp³-hybridized carbons (Fsp3) is 0.533. The summed E-state index contributed by atoms with van der Waals surface area (Å²) in [5.74, 6) is 0.674. The Bertz CT molecular complexity index is 396. The Labute approximate surface area is 120 Å². The van der Waals surface area contributed by atoms with Gasteiger partial charge in [-0.1, -0.05) is 25.1 Å². The third-order valence-electron chi connectivity index (χ3n) is 2.82. The maximum absolute atomic E-state index is 11.6. The van der Waals surface area contributed by atoms with Crippen LogP contribution < -0.4 is 15.4 Å². The van der Waals surface area contributed by atoms with Crippen molar-refractivity contribution in [2.75, 3.05) is 40.0 Å². The molecule has 0 aliphatic heterocycles. The van der Waals surface area contributed by atoms with Crippen LogP contribution >= 0.6 is 0 Å². The van der Waals surface area contributed by atoms with Gasteiger partial charge in [0.1, 0.15) is 5.75 Å². The summed E-state index contributed by atoms with van der Waals surface area (Å²) in [5, 5.41) is 5.95. The summed E-state index contributed by atoms with van der Waals surface area (Å²) >= 11 is 0. The molecule has 5 nitrogen and oxygen atoms in total. The van der Waals surface area contributed by atoms with Crippen LogP contribution in [0.4, 0.5) is 0 Å². The van der Waals surface area contributed by atoms with E-state index in [1.54, 1.807) is 7.11 Å². The number of amides is 1. The van der Waals surface area contributed by atoms with Crippen LogP contribution in [0.25, 0.3) is 0 Å². The van der Waals surface area contributed by atoms with Crippen molar-refractivity contribution in [1.29, 1.82) is 0 Å². The summed E-state index contributed by atoms with van der Waals surface area (Å²) in [5.41, 5.74) is 1.11. The molecule has 0 bridgehead atoms. The first-order valence-corrected chi connectivity index (χ1v) is 6.95. The number of aryl methyl sites for hydroxylation is 1. The maximum atomic E-state index is 11.6. The summed E-state index contributed by atoms with van der Waals surface area (Å²) in [4.78, 5) is 11.6. The molecule has 0 saturated carbocycles. The molecule has 1 rings (SSSR count). The number of para-hydroxylation sites is 1. The molecule has 1 amide bonds. The summed E-state index contributed by atoms with van der Waals surface area (Å²) < 4.78 is 10.4. The van der Waals surface area contributed by atoms with Gasteiger partial charge < -0.3 is 20.1 Å². The number of carbonyl (C=O) groups excluding carboxylic acids is 1. The monoisotopic (exact) mass is 280 g/mol. The first-order chi connectivity index (χ1) is 9.77. The van der Waals surface area contributed by atoms with Crippen molar-refractivity contribution in [2.24, 2.45) is 0 Å². The van der Waals surface area contributed by atoms with Gasteiger partial charge in [0, 0.05) is 26.7 Å². The van der Waals surface area contributed by atoms with E-state index in [0.29, 0.717) is 13.2 Å². The molecular weight excluding hydrogens is 256 g/mol. The number of methoxy groups -OCH3 is 1. The van der Waals surface area contributed by atoms with Gasteiger partial charge in [-0.05, 0) is 18.1 Å². The van der Waals surface area contributed by atoms with Crippen molar-refractivity contribution in [1.82, 2.24) is 10.6 Å². The molecule has 0 radical (unpaired) electrons. The molecule has 0 unspecified atom stereocenters. The Morgan fingerprint density at radius 1 is 1.20 bits per heavy atom. The lowest BCUT2D eigenvalue weighted by Crippen LogP contribution is -2.35. The number of benzene rings is 1. The van der Waals surface area contributed by atoms with E-state index >= 15 is 0 Å². The number of nitrogens with one attached hydrogen (secondary N) is 2. The lowest BCUT2D eigenvalue weighted by atomic mass is 10.1. The summed E-state index contributed by atoms with van der Waals surface area (Å²) in [6.45, 7) is 4.88. The predicted molar refractivity (Wildman–Crippen MR) is 79.1 cm³/mol. The molecule has 1 aromatic carbocycles. The van der Waals surface area contributed by atoms with Crippen LogP contribution in [0, 0.1) is 0 Å². The molecule has 0 spiro atoms. The SMILES string of the molecule is CCc1ccccc1OCC(=O)NCCNCCOC. The van der Waals surface area contributed by atoms with E-state index in [2.05, 4.69) is 17.6 Å². The molecular formula is C15H24N2O3. The van der Waals surface area contributed by atoms with Crippen LogP contribution in [0.1, 0.15) is 12.5 Å².